The van der Waals surface area contributed by atoms with E-state index >= 15 is 0 Å². The second kappa shape index (κ2) is 11.5. The van der Waals surface area contributed by atoms with Gasteiger partial charge in [-0.1, -0.05) is 13.8 Å². The summed E-state index contributed by atoms with van der Waals surface area (Å²) < 4.78 is 1.97. The minimum Gasteiger partial charge on any atom is -0.346 e. The van der Waals surface area contributed by atoms with E-state index in [2.05, 4.69) is 26.2 Å². The second-order valence-corrected chi connectivity index (χ2v) is 8.99. The Morgan fingerprint density at radius 3 is 2.69 bits per heavy atom. The maximum atomic E-state index is 12.7. The third kappa shape index (κ3) is 6.73. The van der Waals surface area contributed by atoms with Crippen molar-refractivity contribution in [3.05, 3.63) is 41.2 Å². The maximum Gasteiger partial charge on any atom is 0.252 e. The monoisotopic (exact) mass is 456 g/mol. The summed E-state index contributed by atoms with van der Waals surface area (Å²) in [5.41, 5.74) is 1.46. The number of aromatic nitrogens is 2. The van der Waals surface area contributed by atoms with Gasteiger partial charge in [-0.2, -0.15) is 9.83 Å². The predicted octanol–water partition coefficient (Wildman–Crippen LogP) is 0.673. The lowest BCUT2D eigenvalue weighted by atomic mass is 10.0. The first-order valence-electron chi connectivity index (χ1n) is 10.8. The van der Waals surface area contributed by atoms with Gasteiger partial charge in [-0.15, -0.1) is 11.3 Å². The number of pyridine rings is 1. The summed E-state index contributed by atoms with van der Waals surface area (Å²) in [5.74, 6) is -0.441. The van der Waals surface area contributed by atoms with Gasteiger partial charge in [0.2, 0.25) is 5.91 Å². The second-order valence-electron chi connectivity index (χ2n) is 8.15. The van der Waals surface area contributed by atoms with Gasteiger partial charge in [0.1, 0.15) is 18.3 Å². The molecule has 0 spiro atoms. The number of carbonyl (C=O) groups is 2. The fraction of sp³-hybridized carbons (Fsp3) is 0.500. The smallest absolute Gasteiger partial charge is 0.252 e. The fourth-order valence-electron chi connectivity index (χ4n) is 3.47. The molecule has 32 heavy (non-hydrogen) atoms. The average molecular weight is 457 g/mol. The fourth-order valence-corrected chi connectivity index (χ4v) is 4.34. The number of hydrogen-bond donors (Lipinski definition) is 3. The number of carbonyl (C=O) groups excluding carboxylic acids is 2. The summed E-state index contributed by atoms with van der Waals surface area (Å²) in [6, 6.07) is 4.67. The minimum atomic E-state index is -0.679. The van der Waals surface area contributed by atoms with E-state index in [0.717, 1.165) is 37.0 Å². The first-order valence-corrected chi connectivity index (χ1v) is 11.7. The van der Waals surface area contributed by atoms with Crippen molar-refractivity contribution in [1.29, 1.82) is 5.26 Å². The molecule has 0 bridgehead atoms. The van der Waals surface area contributed by atoms with Gasteiger partial charge in [0.15, 0.2) is 24.1 Å². The quantitative estimate of drug-likeness (QED) is 0.378. The third-order valence-corrected chi connectivity index (χ3v) is 6.05. The van der Waals surface area contributed by atoms with Crippen LogP contribution in [0.15, 0.2) is 29.9 Å². The van der Waals surface area contributed by atoms with Crippen LogP contribution in [0.4, 0.5) is 5.13 Å². The molecule has 0 unspecified atom stereocenters. The predicted molar refractivity (Wildman–Crippen MR) is 122 cm³/mol. The Morgan fingerprint density at radius 2 is 2.03 bits per heavy atom. The Labute approximate surface area is 192 Å². The number of hydrogen-bond acceptors (Lipinski definition) is 7. The molecule has 170 valence electrons. The van der Waals surface area contributed by atoms with Crippen molar-refractivity contribution >= 4 is 28.3 Å². The largest absolute Gasteiger partial charge is 0.346 e. The SMILES string of the molecule is CC(C)C[C@H](NC(=O)c1cc[n+](Cc2csc(N3CCNCC3)n2)cc1)C(=O)NCC#N. The molecule has 1 atom stereocenters. The van der Waals surface area contributed by atoms with E-state index in [1.165, 1.54) is 0 Å². The van der Waals surface area contributed by atoms with Crippen LogP contribution in [0.3, 0.4) is 0 Å². The molecule has 3 heterocycles. The topological polar surface area (TPSA) is 114 Å². The van der Waals surface area contributed by atoms with Crippen LogP contribution in [0.2, 0.25) is 0 Å². The van der Waals surface area contributed by atoms with Crippen LogP contribution in [0, 0.1) is 17.2 Å². The van der Waals surface area contributed by atoms with E-state index in [1.807, 2.05) is 36.9 Å². The summed E-state index contributed by atoms with van der Waals surface area (Å²) in [6.45, 7) is 8.39. The highest BCUT2D eigenvalue weighted by Gasteiger charge is 2.23. The molecular formula is C22H30N7O2S+. The highest BCUT2D eigenvalue weighted by atomic mass is 32.1. The average Bonchev–Trinajstić information content (AvgIpc) is 3.26. The third-order valence-electron chi connectivity index (χ3n) is 5.10. The number of piperazine rings is 1. The van der Waals surface area contributed by atoms with Gasteiger partial charge < -0.3 is 20.9 Å². The lowest BCUT2D eigenvalue weighted by Gasteiger charge is -2.26. The molecule has 0 aliphatic carbocycles. The summed E-state index contributed by atoms with van der Waals surface area (Å²) in [6.07, 6.45) is 4.17. The standard InChI is InChI=1S/C22H29N7O2S/c1-16(2)13-19(21(31)25-6-5-23)27-20(30)17-3-9-28(10-4-17)14-18-15-32-22(26-18)29-11-7-24-8-12-29/h3-4,9-10,15-16,19,24H,6-8,11-14H2,1-2H3,(H-,25,27,30,31)/p+1/t19-/m0/s1. The Hall–Kier alpha value is -3.03. The van der Waals surface area contributed by atoms with Crippen molar-refractivity contribution < 1.29 is 14.2 Å². The first-order chi connectivity index (χ1) is 15.5. The zero-order valence-corrected chi connectivity index (χ0v) is 19.3. The molecule has 1 saturated heterocycles. The van der Waals surface area contributed by atoms with Gasteiger partial charge in [0.25, 0.3) is 5.91 Å². The van der Waals surface area contributed by atoms with Crippen molar-refractivity contribution in [3.63, 3.8) is 0 Å². The van der Waals surface area contributed by atoms with Crippen LogP contribution in [0.25, 0.3) is 0 Å². The van der Waals surface area contributed by atoms with Crippen molar-refractivity contribution in [1.82, 2.24) is 20.9 Å². The van der Waals surface area contributed by atoms with E-state index in [4.69, 9.17) is 10.2 Å². The van der Waals surface area contributed by atoms with Gasteiger partial charge in [-0.05, 0) is 12.3 Å². The van der Waals surface area contributed by atoms with E-state index in [1.54, 1.807) is 23.5 Å². The summed E-state index contributed by atoms with van der Waals surface area (Å²) >= 11 is 1.65. The normalized spacial score (nSPS) is 14.6. The van der Waals surface area contributed by atoms with Gasteiger partial charge in [-0.25, -0.2) is 4.98 Å². The van der Waals surface area contributed by atoms with E-state index < -0.39 is 6.04 Å². The van der Waals surface area contributed by atoms with E-state index in [-0.39, 0.29) is 24.3 Å². The van der Waals surface area contributed by atoms with Gasteiger partial charge in [-0.3, -0.25) is 9.59 Å². The molecule has 0 saturated carbocycles. The van der Waals surface area contributed by atoms with Crippen molar-refractivity contribution in [2.45, 2.75) is 32.9 Å². The molecule has 2 aromatic rings. The number of nitrogens with one attached hydrogen (secondary N) is 3. The molecule has 2 amide bonds. The molecule has 1 fully saturated rings. The Balaban J connectivity index is 1.59. The number of amides is 2. The molecule has 1 aliphatic rings. The number of thiazole rings is 1. The molecule has 1 aliphatic heterocycles. The van der Waals surface area contributed by atoms with Crippen molar-refractivity contribution in [2.75, 3.05) is 37.6 Å². The van der Waals surface area contributed by atoms with Crippen LogP contribution in [-0.2, 0) is 11.3 Å². The van der Waals surface area contributed by atoms with E-state index in [9.17, 15) is 9.59 Å². The van der Waals surface area contributed by atoms with Crippen LogP contribution in [0.5, 0.6) is 0 Å². The van der Waals surface area contributed by atoms with Crippen LogP contribution in [-0.4, -0.2) is 55.6 Å². The maximum absolute atomic E-state index is 12.7. The van der Waals surface area contributed by atoms with E-state index in [0.29, 0.717) is 18.5 Å². The zero-order valence-electron chi connectivity index (χ0n) is 18.5. The van der Waals surface area contributed by atoms with Gasteiger partial charge >= 0.3 is 0 Å². The Kier molecular flexibility index (Phi) is 8.53. The van der Waals surface area contributed by atoms with Crippen LogP contribution in [0.1, 0.15) is 36.3 Å². The molecule has 2 aromatic heterocycles. The Morgan fingerprint density at radius 1 is 1.31 bits per heavy atom. The molecule has 10 heteroatoms. The zero-order chi connectivity index (χ0) is 22.9. The number of nitrogens with zero attached hydrogens (tertiary/aromatic N) is 4. The lowest BCUT2D eigenvalue weighted by Crippen LogP contribution is -2.47. The minimum absolute atomic E-state index is 0.0817. The van der Waals surface area contributed by atoms with Crippen LogP contribution >= 0.6 is 11.3 Å². The van der Waals surface area contributed by atoms with Crippen LogP contribution < -0.4 is 25.4 Å². The highest BCUT2D eigenvalue weighted by Crippen LogP contribution is 2.20. The van der Waals surface area contributed by atoms with Crippen molar-refractivity contribution in [3.8, 4) is 6.07 Å². The van der Waals surface area contributed by atoms with Crippen molar-refractivity contribution in [2.24, 2.45) is 5.92 Å². The van der Waals surface area contributed by atoms with Gasteiger partial charge in [0.05, 0.1) is 11.6 Å². The molecule has 3 rings (SSSR count). The Bertz CT molecular complexity index is 946. The lowest BCUT2D eigenvalue weighted by molar-refractivity contribution is -0.688. The molecule has 3 N–H and O–H groups in total. The molecular weight excluding hydrogens is 426 g/mol. The van der Waals surface area contributed by atoms with Gasteiger partial charge in [0, 0.05) is 43.7 Å². The number of rotatable bonds is 9. The number of nitriles is 1. The first kappa shape index (κ1) is 23.6. The summed E-state index contributed by atoms with van der Waals surface area (Å²) in [7, 11) is 0. The highest BCUT2D eigenvalue weighted by molar-refractivity contribution is 7.13. The molecule has 0 aromatic carbocycles. The molecule has 9 nitrogen and oxygen atoms in total. The summed E-state index contributed by atoms with van der Waals surface area (Å²) in [5, 5.41) is 20.5. The number of anilines is 1. The summed E-state index contributed by atoms with van der Waals surface area (Å²) in [4.78, 5) is 32.0. The molecule has 0 radical (unpaired) electrons.